The van der Waals surface area contributed by atoms with Gasteiger partial charge in [-0.2, -0.15) is 12.6 Å². The summed E-state index contributed by atoms with van der Waals surface area (Å²) in [7, 11) is 1.32. The van der Waals surface area contributed by atoms with E-state index in [4.69, 9.17) is 0 Å². The van der Waals surface area contributed by atoms with Crippen molar-refractivity contribution in [3.63, 3.8) is 0 Å². The summed E-state index contributed by atoms with van der Waals surface area (Å²) in [5.41, 5.74) is 0. The summed E-state index contributed by atoms with van der Waals surface area (Å²) in [6.45, 7) is 0. The monoisotopic (exact) mass is 230 g/mol. The summed E-state index contributed by atoms with van der Waals surface area (Å²) in [4.78, 5) is 10.7. The van der Waals surface area contributed by atoms with Gasteiger partial charge < -0.3 is 9.84 Å². The van der Waals surface area contributed by atoms with Crippen LogP contribution < -0.4 is 0 Å². The van der Waals surface area contributed by atoms with Crippen molar-refractivity contribution in [2.75, 3.05) is 12.9 Å². The molecule has 0 aliphatic carbocycles. The molecule has 0 heterocycles. The zero-order valence-electron chi connectivity index (χ0n) is 8.93. The average molecular weight is 230 g/mol. The predicted octanol–water partition coefficient (Wildman–Crippen LogP) is 1.73. The molecular formula is C11H18O3S. The highest BCUT2D eigenvalue weighted by Crippen LogP contribution is 2.02. The second-order valence-electron chi connectivity index (χ2n) is 3.05. The van der Waals surface area contributed by atoms with Crippen LogP contribution in [0.2, 0.25) is 0 Å². The summed E-state index contributed by atoms with van der Waals surface area (Å²) in [5.74, 6) is 0.447. The van der Waals surface area contributed by atoms with Crippen LogP contribution in [0.25, 0.3) is 0 Å². The highest BCUT2D eigenvalue weighted by molar-refractivity contribution is 7.80. The Labute approximate surface area is 96.2 Å². The molecule has 0 bridgehead atoms. The standard InChI is InChI=1S/C11H18O3S/c1-14-11(13)8-3-2-6-10(12)7-4-5-9-15/h2-3,6,8,10,12,15H,4-5,7,9H2,1H3/b6-2+,8-3+. The number of hydrogen-bond donors (Lipinski definition) is 2. The summed E-state index contributed by atoms with van der Waals surface area (Å²) in [6.07, 6.45) is 8.38. The second kappa shape index (κ2) is 9.80. The molecule has 1 atom stereocenters. The Hall–Kier alpha value is -0.740. The van der Waals surface area contributed by atoms with Crippen LogP contribution in [0.1, 0.15) is 19.3 Å². The number of carbonyl (C=O) groups excluding carboxylic acids is 1. The number of thiol groups is 1. The van der Waals surface area contributed by atoms with E-state index in [0.717, 1.165) is 25.0 Å². The smallest absolute Gasteiger partial charge is 0.330 e. The number of rotatable bonds is 7. The predicted molar refractivity (Wildman–Crippen MR) is 64.0 cm³/mol. The lowest BCUT2D eigenvalue weighted by Gasteiger charge is -2.02. The Morgan fingerprint density at radius 1 is 1.47 bits per heavy atom. The minimum absolute atomic E-state index is 0.399. The van der Waals surface area contributed by atoms with E-state index in [9.17, 15) is 9.90 Å². The SMILES string of the molecule is COC(=O)/C=C/C=C/C(O)CCCCS. The fourth-order valence-electron chi connectivity index (χ4n) is 0.956. The van der Waals surface area contributed by atoms with Crippen molar-refractivity contribution in [1.29, 1.82) is 0 Å². The normalized spacial score (nSPS) is 13.5. The zero-order valence-corrected chi connectivity index (χ0v) is 9.82. The second-order valence-corrected chi connectivity index (χ2v) is 3.50. The van der Waals surface area contributed by atoms with Crippen molar-refractivity contribution >= 4 is 18.6 Å². The summed E-state index contributed by atoms with van der Waals surface area (Å²) in [6, 6.07) is 0. The molecule has 3 nitrogen and oxygen atoms in total. The van der Waals surface area contributed by atoms with Crippen LogP contribution in [0.5, 0.6) is 0 Å². The molecule has 4 heteroatoms. The minimum atomic E-state index is -0.452. The van der Waals surface area contributed by atoms with Crippen molar-refractivity contribution in [1.82, 2.24) is 0 Å². The van der Waals surface area contributed by atoms with E-state index in [1.54, 1.807) is 18.2 Å². The lowest BCUT2D eigenvalue weighted by Crippen LogP contribution is -2.01. The number of aliphatic hydroxyl groups excluding tert-OH is 1. The fraction of sp³-hybridized carbons (Fsp3) is 0.545. The van der Waals surface area contributed by atoms with Crippen LogP contribution in [0, 0.1) is 0 Å². The van der Waals surface area contributed by atoms with Gasteiger partial charge in [-0.15, -0.1) is 0 Å². The van der Waals surface area contributed by atoms with Crippen molar-refractivity contribution < 1.29 is 14.6 Å². The molecule has 0 fully saturated rings. The zero-order chi connectivity index (χ0) is 11.5. The Morgan fingerprint density at radius 2 is 2.20 bits per heavy atom. The average Bonchev–Trinajstić information content (AvgIpc) is 2.24. The number of unbranched alkanes of at least 4 members (excludes halogenated alkanes) is 1. The van der Waals surface area contributed by atoms with Crippen LogP contribution in [0.3, 0.4) is 0 Å². The van der Waals surface area contributed by atoms with Gasteiger partial charge in [-0.3, -0.25) is 0 Å². The Bertz CT molecular complexity index is 224. The maximum atomic E-state index is 10.7. The van der Waals surface area contributed by atoms with Crippen molar-refractivity contribution in [2.24, 2.45) is 0 Å². The molecule has 0 aliphatic rings. The number of aliphatic hydroxyl groups is 1. The Balaban J connectivity index is 3.66. The number of allylic oxidation sites excluding steroid dienone is 2. The van der Waals surface area contributed by atoms with E-state index < -0.39 is 12.1 Å². The molecule has 1 unspecified atom stereocenters. The first-order chi connectivity index (χ1) is 7.20. The van der Waals surface area contributed by atoms with Crippen LogP contribution >= 0.6 is 12.6 Å². The van der Waals surface area contributed by atoms with Gasteiger partial charge in [0.1, 0.15) is 0 Å². The van der Waals surface area contributed by atoms with Gasteiger partial charge >= 0.3 is 5.97 Å². The van der Waals surface area contributed by atoms with E-state index in [0.29, 0.717) is 0 Å². The third-order valence-electron chi connectivity index (χ3n) is 1.79. The van der Waals surface area contributed by atoms with Gasteiger partial charge in [0.2, 0.25) is 0 Å². The molecule has 0 aromatic heterocycles. The van der Waals surface area contributed by atoms with Gasteiger partial charge in [0.05, 0.1) is 13.2 Å². The van der Waals surface area contributed by atoms with Gasteiger partial charge in [0.25, 0.3) is 0 Å². The van der Waals surface area contributed by atoms with Crippen molar-refractivity contribution in [3.05, 3.63) is 24.3 Å². The van der Waals surface area contributed by atoms with Crippen molar-refractivity contribution in [3.8, 4) is 0 Å². The fourth-order valence-corrected chi connectivity index (χ4v) is 1.18. The number of esters is 1. The molecule has 0 saturated carbocycles. The maximum Gasteiger partial charge on any atom is 0.330 e. The van der Waals surface area contributed by atoms with E-state index in [2.05, 4.69) is 17.4 Å². The number of carbonyl (C=O) groups is 1. The largest absolute Gasteiger partial charge is 0.466 e. The summed E-state index contributed by atoms with van der Waals surface area (Å²) < 4.78 is 4.41. The van der Waals surface area contributed by atoms with E-state index >= 15 is 0 Å². The molecule has 0 rings (SSSR count). The quantitative estimate of drug-likeness (QED) is 0.230. The molecule has 1 N–H and O–H groups in total. The van der Waals surface area contributed by atoms with Crippen LogP contribution in [-0.2, 0) is 9.53 Å². The van der Waals surface area contributed by atoms with Crippen LogP contribution in [-0.4, -0.2) is 30.0 Å². The Morgan fingerprint density at radius 3 is 2.80 bits per heavy atom. The van der Waals surface area contributed by atoms with Gasteiger partial charge in [0, 0.05) is 6.08 Å². The van der Waals surface area contributed by atoms with Gasteiger partial charge in [-0.25, -0.2) is 4.79 Å². The molecule has 0 radical (unpaired) electrons. The number of methoxy groups -OCH3 is 1. The first kappa shape index (κ1) is 14.3. The summed E-state index contributed by atoms with van der Waals surface area (Å²) >= 11 is 4.08. The van der Waals surface area contributed by atoms with Crippen LogP contribution in [0.15, 0.2) is 24.3 Å². The van der Waals surface area contributed by atoms with Crippen molar-refractivity contribution in [2.45, 2.75) is 25.4 Å². The van der Waals surface area contributed by atoms with Gasteiger partial charge in [-0.1, -0.05) is 18.2 Å². The van der Waals surface area contributed by atoms with Gasteiger partial charge in [0.15, 0.2) is 0 Å². The first-order valence-corrected chi connectivity index (χ1v) is 5.55. The van der Waals surface area contributed by atoms with E-state index in [-0.39, 0.29) is 0 Å². The molecular weight excluding hydrogens is 212 g/mol. The maximum absolute atomic E-state index is 10.7. The third-order valence-corrected chi connectivity index (χ3v) is 2.10. The van der Waals surface area contributed by atoms with Crippen LogP contribution in [0.4, 0.5) is 0 Å². The molecule has 15 heavy (non-hydrogen) atoms. The summed E-state index contributed by atoms with van der Waals surface area (Å²) in [5, 5.41) is 9.44. The molecule has 0 aromatic carbocycles. The minimum Gasteiger partial charge on any atom is -0.466 e. The van der Waals surface area contributed by atoms with E-state index in [1.165, 1.54) is 13.2 Å². The van der Waals surface area contributed by atoms with E-state index in [1.807, 2.05) is 0 Å². The number of hydrogen-bond acceptors (Lipinski definition) is 4. The molecule has 0 spiro atoms. The lowest BCUT2D eigenvalue weighted by molar-refractivity contribution is -0.134. The molecule has 0 aliphatic heterocycles. The molecule has 86 valence electrons. The van der Waals surface area contributed by atoms with Gasteiger partial charge in [-0.05, 0) is 25.0 Å². The highest BCUT2D eigenvalue weighted by atomic mass is 32.1. The topological polar surface area (TPSA) is 46.5 Å². The number of ether oxygens (including phenoxy) is 1. The molecule has 0 amide bonds. The molecule has 0 saturated heterocycles. The lowest BCUT2D eigenvalue weighted by atomic mass is 10.1. The Kier molecular flexibility index (Phi) is 9.32. The molecule has 0 aromatic rings. The third kappa shape index (κ3) is 9.56. The first-order valence-electron chi connectivity index (χ1n) is 4.92. The highest BCUT2D eigenvalue weighted by Gasteiger charge is 1.96.